The number of hydrogen-bond acceptors (Lipinski definition) is 6. The van der Waals surface area contributed by atoms with E-state index in [1.165, 1.54) is 12.3 Å². The van der Waals surface area contributed by atoms with Crippen LogP contribution in [-0.4, -0.2) is 36.0 Å². The number of nitro groups is 1. The van der Waals surface area contributed by atoms with E-state index in [0.717, 1.165) is 4.80 Å². The van der Waals surface area contributed by atoms with Crippen molar-refractivity contribution in [3.8, 4) is 5.82 Å². The highest BCUT2D eigenvalue weighted by Gasteiger charge is 2.29. The Kier molecular flexibility index (Phi) is 3.02. The van der Waals surface area contributed by atoms with Crippen LogP contribution in [0.2, 0.25) is 0 Å². The molecular formula is C8H4BrN5O4. The maximum absolute atomic E-state index is 10.8. The molecule has 0 fully saturated rings. The fourth-order valence-electron chi connectivity index (χ4n) is 1.15. The van der Waals surface area contributed by atoms with Gasteiger partial charge in [-0.05, 0) is 37.8 Å². The molecule has 0 bridgehead atoms. The molecule has 10 heteroatoms. The summed E-state index contributed by atoms with van der Waals surface area (Å²) >= 11 is 3.17. The minimum absolute atomic E-state index is 0.175. The Hall–Kier alpha value is -2.36. The van der Waals surface area contributed by atoms with E-state index < -0.39 is 22.4 Å². The molecule has 2 rings (SSSR count). The fraction of sp³-hybridized carbons (Fsp3) is 0. The van der Waals surface area contributed by atoms with Crippen LogP contribution >= 0.6 is 15.9 Å². The number of halogens is 1. The normalized spacial score (nSPS) is 10.3. The van der Waals surface area contributed by atoms with E-state index in [4.69, 9.17) is 5.11 Å². The smallest absolute Gasteiger partial charge is 0.425 e. The summed E-state index contributed by atoms with van der Waals surface area (Å²) in [5, 5.41) is 26.4. The lowest BCUT2D eigenvalue weighted by atomic mass is 10.4. The molecule has 18 heavy (non-hydrogen) atoms. The summed E-state index contributed by atoms with van der Waals surface area (Å²) in [6.45, 7) is 0. The molecule has 0 aromatic carbocycles. The molecule has 0 radical (unpaired) electrons. The number of pyridine rings is 1. The monoisotopic (exact) mass is 313 g/mol. The number of rotatable bonds is 3. The highest BCUT2D eigenvalue weighted by atomic mass is 79.9. The van der Waals surface area contributed by atoms with Crippen LogP contribution in [0.1, 0.15) is 10.5 Å². The predicted molar refractivity (Wildman–Crippen MR) is 60.5 cm³/mol. The van der Waals surface area contributed by atoms with Crippen molar-refractivity contribution in [2.75, 3.05) is 0 Å². The van der Waals surface area contributed by atoms with Gasteiger partial charge in [0, 0.05) is 10.7 Å². The number of aromatic nitrogens is 4. The quantitative estimate of drug-likeness (QED) is 0.662. The lowest BCUT2D eigenvalue weighted by Crippen LogP contribution is -2.03. The molecule has 0 aliphatic heterocycles. The van der Waals surface area contributed by atoms with Crippen LogP contribution in [0.15, 0.2) is 22.8 Å². The van der Waals surface area contributed by atoms with Crippen LogP contribution in [0.25, 0.3) is 5.82 Å². The summed E-state index contributed by atoms with van der Waals surface area (Å²) < 4.78 is 0.700. The Bertz CT molecular complexity index is 591. The lowest BCUT2D eigenvalue weighted by Gasteiger charge is -1.93. The van der Waals surface area contributed by atoms with Crippen molar-refractivity contribution >= 4 is 27.7 Å². The van der Waals surface area contributed by atoms with E-state index in [1.54, 1.807) is 6.07 Å². The van der Waals surface area contributed by atoms with Crippen molar-refractivity contribution in [1.82, 2.24) is 20.0 Å². The van der Waals surface area contributed by atoms with Gasteiger partial charge in [-0.25, -0.2) is 9.78 Å². The second kappa shape index (κ2) is 4.49. The zero-order chi connectivity index (χ0) is 13.3. The van der Waals surface area contributed by atoms with Crippen LogP contribution < -0.4 is 0 Å². The standard InChI is InChI=1S/C8H4BrN5O4/c9-4-1-2-5(10-3-4)13-11-6(8(15)16)7(12-13)14(17)18/h1-3H,(H,15,16). The largest absolute Gasteiger partial charge is 0.476 e. The number of nitrogens with zero attached hydrogens (tertiary/aromatic N) is 5. The van der Waals surface area contributed by atoms with Crippen molar-refractivity contribution in [2.45, 2.75) is 0 Å². The molecule has 0 aliphatic rings. The van der Waals surface area contributed by atoms with Crippen LogP contribution in [0.3, 0.4) is 0 Å². The average molecular weight is 314 g/mol. The molecule has 0 saturated heterocycles. The third-order valence-corrected chi connectivity index (χ3v) is 2.36. The van der Waals surface area contributed by atoms with E-state index in [9.17, 15) is 14.9 Å². The molecular weight excluding hydrogens is 310 g/mol. The van der Waals surface area contributed by atoms with Gasteiger partial charge in [0.05, 0.1) is 5.10 Å². The van der Waals surface area contributed by atoms with Gasteiger partial charge >= 0.3 is 11.8 Å². The first kappa shape index (κ1) is 12.1. The maximum atomic E-state index is 10.8. The SMILES string of the molecule is O=C(O)c1nn(-c2ccc(Br)cn2)nc1[N+](=O)[O-]. The second-order valence-corrected chi connectivity index (χ2v) is 3.97. The molecule has 1 N–H and O–H groups in total. The first-order valence-electron chi connectivity index (χ1n) is 4.46. The molecule has 2 aromatic rings. The van der Waals surface area contributed by atoms with Crippen molar-refractivity contribution in [1.29, 1.82) is 0 Å². The van der Waals surface area contributed by atoms with E-state index in [-0.39, 0.29) is 5.82 Å². The molecule has 0 spiro atoms. The predicted octanol–water partition coefficient (Wildman–Crippen LogP) is 1.03. The highest BCUT2D eigenvalue weighted by Crippen LogP contribution is 2.15. The molecule has 0 saturated carbocycles. The molecule has 9 nitrogen and oxygen atoms in total. The summed E-state index contributed by atoms with van der Waals surface area (Å²) in [5.41, 5.74) is -0.732. The van der Waals surface area contributed by atoms with Gasteiger partial charge in [-0.1, -0.05) is 0 Å². The fourth-order valence-corrected chi connectivity index (χ4v) is 1.38. The van der Waals surface area contributed by atoms with E-state index in [0.29, 0.717) is 4.47 Å². The van der Waals surface area contributed by atoms with E-state index >= 15 is 0 Å². The number of carboxylic acid groups (broad SMARTS) is 1. The van der Waals surface area contributed by atoms with Gasteiger partial charge in [0.1, 0.15) is 0 Å². The number of hydrogen-bond donors (Lipinski definition) is 1. The van der Waals surface area contributed by atoms with Crippen molar-refractivity contribution in [3.63, 3.8) is 0 Å². The Morgan fingerprint density at radius 2 is 2.17 bits per heavy atom. The zero-order valence-corrected chi connectivity index (χ0v) is 10.1. The van der Waals surface area contributed by atoms with Gasteiger partial charge in [0.15, 0.2) is 5.82 Å². The van der Waals surface area contributed by atoms with Gasteiger partial charge in [-0.3, -0.25) is 0 Å². The Labute approximate surface area is 107 Å². The number of carboxylic acids is 1. The topological polar surface area (TPSA) is 124 Å². The minimum Gasteiger partial charge on any atom is -0.476 e. The van der Waals surface area contributed by atoms with Crippen molar-refractivity contribution < 1.29 is 14.8 Å². The van der Waals surface area contributed by atoms with Crippen molar-refractivity contribution in [2.24, 2.45) is 0 Å². The average Bonchev–Trinajstić information content (AvgIpc) is 2.75. The van der Waals surface area contributed by atoms with Gasteiger partial charge in [-0.2, -0.15) is 0 Å². The Morgan fingerprint density at radius 3 is 2.61 bits per heavy atom. The molecule has 2 heterocycles. The van der Waals surface area contributed by atoms with Crippen LogP contribution in [-0.2, 0) is 0 Å². The van der Waals surface area contributed by atoms with Crippen molar-refractivity contribution in [3.05, 3.63) is 38.6 Å². The summed E-state index contributed by atoms with van der Waals surface area (Å²) in [7, 11) is 0. The summed E-state index contributed by atoms with van der Waals surface area (Å²) in [6.07, 6.45) is 1.44. The first-order valence-corrected chi connectivity index (χ1v) is 5.25. The summed E-state index contributed by atoms with van der Waals surface area (Å²) in [6, 6.07) is 3.11. The van der Waals surface area contributed by atoms with Crippen LogP contribution in [0.4, 0.5) is 5.82 Å². The van der Waals surface area contributed by atoms with Gasteiger partial charge in [-0.15, -0.1) is 5.10 Å². The van der Waals surface area contributed by atoms with Crippen LogP contribution in [0, 0.1) is 10.1 Å². The molecule has 0 amide bonds. The van der Waals surface area contributed by atoms with Gasteiger partial charge in [0.2, 0.25) is 0 Å². The molecule has 0 atom stereocenters. The van der Waals surface area contributed by atoms with Gasteiger partial charge in [0.25, 0.3) is 5.69 Å². The Morgan fingerprint density at radius 1 is 1.44 bits per heavy atom. The van der Waals surface area contributed by atoms with Crippen LogP contribution in [0.5, 0.6) is 0 Å². The summed E-state index contributed by atoms with van der Waals surface area (Å²) in [4.78, 5) is 25.2. The first-order chi connectivity index (χ1) is 8.49. The lowest BCUT2D eigenvalue weighted by molar-refractivity contribution is -0.390. The number of aromatic carboxylic acids is 1. The van der Waals surface area contributed by atoms with E-state index in [1.807, 2.05) is 0 Å². The molecule has 0 unspecified atom stereocenters. The summed E-state index contributed by atoms with van der Waals surface area (Å²) in [5.74, 6) is -2.17. The number of carbonyl (C=O) groups is 1. The third kappa shape index (κ3) is 2.18. The highest BCUT2D eigenvalue weighted by molar-refractivity contribution is 9.10. The molecule has 0 aliphatic carbocycles. The maximum Gasteiger partial charge on any atom is 0.425 e. The van der Waals surface area contributed by atoms with E-state index in [2.05, 4.69) is 31.1 Å². The zero-order valence-electron chi connectivity index (χ0n) is 8.52. The van der Waals surface area contributed by atoms with Gasteiger partial charge < -0.3 is 15.2 Å². The Balaban J connectivity index is 2.53. The third-order valence-electron chi connectivity index (χ3n) is 1.89. The second-order valence-electron chi connectivity index (χ2n) is 3.06. The minimum atomic E-state index is -1.52. The molecule has 92 valence electrons. The molecule has 2 aromatic heterocycles.